The number of hydrogen-bond acceptors (Lipinski definition) is 2. The maximum absolute atomic E-state index is 10.7. The van der Waals surface area contributed by atoms with Crippen LogP contribution in [0.1, 0.15) is 31.4 Å². The van der Waals surface area contributed by atoms with Gasteiger partial charge in [-0.05, 0) is 43.4 Å². The lowest BCUT2D eigenvalue weighted by atomic mass is 9.66. The summed E-state index contributed by atoms with van der Waals surface area (Å²) < 4.78 is 0. The van der Waals surface area contributed by atoms with E-state index in [4.69, 9.17) is 0 Å². The Morgan fingerprint density at radius 3 is 2.22 bits per heavy atom. The Labute approximate surface area is 108 Å². The molecule has 1 heterocycles. The van der Waals surface area contributed by atoms with E-state index in [9.17, 15) is 5.11 Å². The summed E-state index contributed by atoms with van der Waals surface area (Å²) in [5.41, 5.74) is 3.09. The van der Waals surface area contributed by atoms with E-state index in [1.807, 2.05) is 26.3 Å². The second-order valence-corrected chi connectivity index (χ2v) is 5.95. The summed E-state index contributed by atoms with van der Waals surface area (Å²) in [6.45, 7) is 3.86. The molecule has 0 atom stereocenters. The van der Waals surface area contributed by atoms with Crippen molar-refractivity contribution < 1.29 is 5.11 Å². The van der Waals surface area contributed by atoms with E-state index >= 15 is 0 Å². The van der Waals surface area contributed by atoms with Crippen molar-refractivity contribution in [2.24, 2.45) is 10.4 Å². The molecule has 1 N–H and O–H groups in total. The van der Waals surface area contributed by atoms with Crippen LogP contribution in [0, 0.1) is 5.41 Å². The van der Waals surface area contributed by atoms with Gasteiger partial charge in [-0.25, -0.2) is 0 Å². The Morgan fingerprint density at radius 2 is 1.78 bits per heavy atom. The molecule has 1 aromatic carbocycles. The molecule has 0 bridgehead atoms. The van der Waals surface area contributed by atoms with E-state index in [0.717, 1.165) is 19.3 Å². The molecular formula is C16H19NO. The van der Waals surface area contributed by atoms with Crippen LogP contribution in [0.5, 0.6) is 0 Å². The highest BCUT2D eigenvalue weighted by Crippen LogP contribution is 2.51. The Bertz CT molecular complexity index is 509. The zero-order valence-electron chi connectivity index (χ0n) is 11.0. The van der Waals surface area contributed by atoms with Crippen molar-refractivity contribution in [3.05, 3.63) is 47.2 Å². The van der Waals surface area contributed by atoms with Crippen LogP contribution in [-0.4, -0.2) is 16.9 Å². The molecule has 0 saturated heterocycles. The highest BCUT2D eigenvalue weighted by Gasteiger charge is 2.50. The molecule has 94 valence electrons. The van der Waals surface area contributed by atoms with Gasteiger partial charge in [0.05, 0.1) is 5.60 Å². The minimum atomic E-state index is -0.731. The van der Waals surface area contributed by atoms with Crippen molar-refractivity contribution in [1.82, 2.24) is 0 Å². The number of aliphatic hydroxyl groups is 1. The Balaban J connectivity index is 2.06. The first-order valence-corrected chi connectivity index (χ1v) is 6.53. The molecular weight excluding hydrogens is 222 g/mol. The average Bonchev–Trinajstić information content (AvgIpc) is 2.95. The first-order valence-electron chi connectivity index (χ1n) is 6.53. The van der Waals surface area contributed by atoms with Gasteiger partial charge in [-0.2, -0.15) is 0 Å². The van der Waals surface area contributed by atoms with Gasteiger partial charge in [0.25, 0.3) is 0 Å². The minimum Gasteiger partial charge on any atom is -0.390 e. The molecule has 0 unspecified atom stereocenters. The van der Waals surface area contributed by atoms with E-state index < -0.39 is 5.60 Å². The fourth-order valence-corrected chi connectivity index (χ4v) is 3.33. The van der Waals surface area contributed by atoms with Gasteiger partial charge in [-0.3, -0.25) is 4.99 Å². The summed E-state index contributed by atoms with van der Waals surface area (Å²) in [5.74, 6) is 0. The Morgan fingerprint density at radius 1 is 1.17 bits per heavy atom. The van der Waals surface area contributed by atoms with Gasteiger partial charge >= 0.3 is 0 Å². The molecule has 0 aromatic heterocycles. The van der Waals surface area contributed by atoms with Gasteiger partial charge in [0.1, 0.15) is 0 Å². The van der Waals surface area contributed by atoms with Gasteiger partial charge < -0.3 is 5.11 Å². The molecule has 0 spiro atoms. The maximum Gasteiger partial charge on any atom is 0.0691 e. The van der Waals surface area contributed by atoms with Crippen molar-refractivity contribution in [3.8, 4) is 0 Å². The molecule has 0 saturated carbocycles. The summed E-state index contributed by atoms with van der Waals surface area (Å²) in [5, 5.41) is 10.7. The fourth-order valence-electron chi connectivity index (χ4n) is 3.33. The van der Waals surface area contributed by atoms with Crippen LogP contribution in [0.4, 0.5) is 0 Å². The largest absolute Gasteiger partial charge is 0.390 e. The molecule has 1 aliphatic heterocycles. The number of rotatable bonds is 2. The van der Waals surface area contributed by atoms with Crippen LogP contribution in [0.25, 0.3) is 0 Å². The van der Waals surface area contributed by atoms with Gasteiger partial charge in [0, 0.05) is 24.3 Å². The Hall–Kier alpha value is -1.41. The number of nitrogens with zero attached hydrogens (tertiary/aromatic N) is 1. The monoisotopic (exact) mass is 241 g/mol. The lowest BCUT2D eigenvalue weighted by Gasteiger charge is -2.41. The van der Waals surface area contributed by atoms with Gasteiger partial charge in [0.15, 0.2) is 0 Å². The SMILES string of the molecule is CC(C)(O)C1(C2=CN=CC2)Cc2ccccc2C1. The van der Waals surface area contributed by atoms with E-state index in [0.29, 0.717) is 0 Å². The summed E-state index contributed by atoms with van der Waals surface area (Å²) in [4.78, 5) is 4.23. The van der Waals surface area contributed by atoms with Gasteiger partial charge in [-0.15, -0.1) is 0 Å². The van der Waals surface area contributed by atoms with E-state index in [2.05, 4.69) is 29.3 Å². The zero-order chi connectivity index (χ0) is 12.8. The maximum atomic E-state index is 10.7. The van der Waals surface area contributed by atoms with Crippen LogP contribution in [0.2, 0.25) is 0 Å². The highest BCUT2D eigenvalue weighted by molar-refractivity contribution is 5.67. The number of fused-ring (bicyclic) bond motifs is 1. The predicted molar refractivity (Wildman–Crippen MR) is 73.8 cm³/mol. The molecule has 2 heteroatoms. The van der Waals surface area contributed by atoms with Crippen molar-refractivity contribution in [2.75, 3.05) is 0 Å². The summed E-state index contributed by atoms with van der Waals surface area (Å²) in [6, 6.07) is 8.52. The molecule has 2 aliphatic rings. The number of aliphatic imine (C=N–C) groups is 1. The molecule has 3 rings (SSSR count). The van der Waals surface area contributed by atoms with Gasteiger partial charge in [0.2, 0.25) is 0 Å². The van der Waals surface area contributed by atoms with Crippen LogP contribution in [0.15, 0.2) is 41.0 Å². The molecule has 0 radical (unpaired) electrons. The van der Waals surface area contributed by atoms with Crippen molar-refractivity contribution >= 4 is 6.21 Å². The normalized spacial score (nSPS) is 20.9. The van der Waals surface area contributed by atoms with Crippen molar-refractivity contribution in [3.63, 3.8) is 0 Å². The highest BCUT2D eigenvalue weighted by atomic mass is 16.3. The first-order chi connectivity index (χ1) is 8.53. The standard InChI is InChI=1S/C16H19NO/c1-15(2,18)16(14-7-8-17-11-14)9-12-5-3-4-6-13(12)10-16/h3-6,8,11,18H,7,9-10H2,1-2H3. The quantitative estimate of drug-likeness (QED) is 0.848. The van der Waals surface area contributed by atoms with E-state index in [-0.39, 0.29) is 5.41 Å². The third-order valence-electron chi connectivity index (χ3n) is 4.54. The predicted octanol–water partition coefficient (Wildman–Crippen LogP) is 2.90. The molecule has 18 heavy (non-hydrogen) atoms. The molecule has 0 fully saturated rings. The van der Waals surface area contributed by atoms with E-state index in [1.165, 1.54) is 16.7 Å². The van der Waals surface area contributed by atoms with Crippen LogP contribution in [0.3, 0.4) is 0 Å². The van der Waals surface area contributed by atoms with Crippen molar-refractivity contribution in [2.45, 2.75) is 38.7 Å². The third kappa shape index (κ3) is 1.56. The van der Waals surface area contributed by atoms with E-state index in [1.54, 1.807) is 0 Å². The van der Waals surface area contributed by atoms with Gasteiger partial charge in [-0.1, -0.05) is 24.3 Å². The number of benzene rings is 1. The van der Waals surface area contributed by atoms with Crippen molar-refractivity contribution in [1.29, 1.82) is 0 Å². The smallest absolute Gasteiger partial charge is 0.0691 e. The summed E-state index contributed by atoms with van der Waals surface area (Å²) in [7, 11) is 0. The number of hydrogen-bond donors (Lipinski definition) is 1. The second kappa shape index (κ2) is 3.79. The Kier molecular flexibility index (Phi) is 2.46. The summed E-state index contributed by atoms with van der Waals surface area (Å²) >= 11 is 0. The molecule has 2 nitrogen and oxygen atoms in total. The lowest BCUT2D eigenvalue weighted by Crippen LogP contribution is -2.45. The minimum absolute atomic E-state index is 0.187. The molecule has 0 amide bonds. The van der Waals surface area contributed by atoms with Crippen LogP contribution >= 0.6 is 0 Å². The second-order valence-electron chi connectivity index (χ2n) is 5.95. The topological polar surface area (TPSA) is 32.6 Å². The third-order valence-corrected chi connectivity index (χ3v) is 4.54. The van der Waals surface area contributed by atoms with Crippen LogP contribution in [-0.2, 0) is 12.8 Å². The average molecular weight is 241 g/mol. The lowest BCUT2D eigenvalue weighted by molar-refractivity contribution is -0.0291. The van der Waals surface area contributed by atoms with Crippen LogP contribution < -0.4 is 0 Å². The first kappa shape index (κ1) is 11.7. The summed E-state index contributed by atoms with van der Waals surface area (Å²) in [6.07, 6.45) is 6.59. The molecule has 1 aliphatic carbocycles. The molecule has 1 aromatic rings. The zero-order valence-corrected chi connectivity index (χ0v) is 11.0. The fraction of sp³-hybridized carbons (Fsp3) is 0.438.